The highest BCUT2D eigenvalue weighted by Crippen LogP contribution is 2.25. The second-order valence-electron chi connectivity index (χ2n) is 9.00. The van der Waals surface area contributed by atoms with E-state index in [-0.39, 0.29) is 30.5 Å². The predicted molar refractivity (Wildman–Crippen MR) is 153 cm³/mol. The highest BCUT2D eigenvalue weighted by Gasteiger charge is 2.26. The molecule has 1 aliphatic heterocycles. The summed E-state index contributed by atoms with van der Waals surface area (Å²) in [5.74, 6) is 0.123. The van der Waals surface area contributed by atoms with Crippen LogP contribution in [0.4, 0.5) is 5.69 Å². The van der Waals surface area contributed by atoms with Gasteiger partial charge in [-0.1, -0.05) is 29.8 Å². The van der Waals surface area contributed by atoms with Gasteiger partial charge in [0.25, 0.3) is 5.91 Å². The van der Waals surface area contributed by atoms with Gasteiger partial charge < -0.3 is 14.8 Å². The molecular formula is C27H30ClN3O7S2. The quantitative estimate of drug-likeness (QED) is 0.332. The Morgan fingerprint density at radius 1 is 0.975 bits per heavy atom. The number of nitrogens with zero attached hydrogens (tertiary/aromatic N) is 2. The first-order valence-corrected chi connectivity index (χ1v) is 16.1. The first-order chi connectivity index (χ1) is 19.1. The Hall–Kier alpha value is -3.16. The molecule has 13 heteroatoms. The maximum Gasteiger partial charge on any atom is 0.251 e. The zero-order valence-corrected chi connectivity index (χ0v) is 24.2. The number of anilines is 1. The standard InChI is InChI=1S/C27H30ClN3O7S2/c1-39(33,34)31(20-22-4-2-3-5-26(22)28)23-8-6-21(7-9-23)27(32)29-14-17-38-24-10-12-25(13-11-24)40(35,36)30-15-18-37-19-16-30/h2-13H,14-20H2,1H3,(H,29,32). The largest absolute Gasteiger partial charge is 0.492 e. The van der Waals surface area contributed by atoms with E-state index >= 15 is 0 Å². The van der Waals surface area contributed by atoms with Crippen molar-refractivity contribution in [3.8, 4) is 5.75 Å². The van der Waals surface area contributed by atoms with Crippen LogP contribution in [-0.4, -0.2) is 72.8 Å². The number of carbonyl (C=O) groups excluding carboxylic acids is 1. The van der Waals surface area contributed by atoms with E-state index in [1.807, 2.05) is 0 Å². The first-order valence-electron chi connectivity index (χ1n) is 12.5. The summed E-state index contributed by atoms with van der Waals surface area (Å²) in [5.41, 5.74) is 1.42. The van der Waals surface area contributed by atoms with Crippen LogP contribution in [-0.2, 0) is 31.3 Å². The summed E-state index contributed by atoms with van der Waals surface area (Å²) in [6.07, 6.45) is 1.11. The van der Waals surface area contributed by atoms with Gasteiger partial charge in [0.1, 0.15) is 12.4 Å². The summed E-state index contributed by atoms with van der Waals surface area (Å²) in [5, 5.41) is 3.21. The molecule has 1 fully saturated rings. The minimum atomic E-state index is -3.61. The lowest BCUT2D eigenvalue weighted by atomic mass is 10.1. The average molecular weight is 608 g/mol. The van der Waals surface area contributed by atoms with E-state index < -0.39 is 20.0 Å². The Morgan fingerprint density at radius 3 is 2.25 bits per heavy atom. The molecular weight excluding hydrogens is 578 g/mol. The number of benzene rings is 3. The lowest BCUT2D eigenvalue weighted by Gasteiger charge is -2.26. The molecule has 0 unspecified atom stereocenters. The summed E-state index contributed by atoms with van der Waals surface area (Å²) in [4.78, 5) is 12.8. The molecule has 3 aromatic rings. The van der Waals surface area contributed by atoms with Crippen molar-refractivity contribution in [2.24, 2.45) is 0 Å². The van der Waals surface area contributed by atoms with E-state index in [2.05, 4.69) is 5.32 Å². The molecule has 0 radical (unpaired) electrons. The van der Waals surface area contributed by atoms with Crippen LogP contribution in [0.25, 0.3) is 0 Å². The zero-order valence-electron chi connectivity index (χ0n) is 21.8. The highest BCUT2D eigenvalue weighted by atomic mass is 35.5. The molecule has 1 amide bonds. The molecule has 40 heavy (non-hydrogen) atoms. The average Bonchev–Trinajstić information content (AvgIpc) is 2.95. The van der Waals surface area contributed by atoms with Crippen molar-refractivity contribution in [2.45, 2.75) is 11.4 Å². The van der Waals surface area contributed by atoms with Crippen molar-refractivity contribution in [2.75, 3.05) is 50.0 Å². The molecule has 0 atom stereocenters. The number of ether oxygens (including phenoxy) is 2. The number of hydrogen-bond donors (Lipinski definition) is 1. The van der Waals surface area contributed by atoms with Gasteiger partial charge in [-0.2, -0.15) is 4.31 Å². The zero-order chi connectivity index (χ0) is 28.8. The Labute approximate surface area is 239 Å². The van der Waals surface area contributed by atoms with Crippen molar-refractivity contribution in [1.29, 1.82) is 0 Å². The fraction of sp³-hybridized carbons (Fsp3) is 0.296. The summed E-state index contributed by atoms with van der Waals surface area (Å²) in [7, 11) is -7.19. The first kappa shape index (κ1) is 29.8. The topological polar surface area (TPSA) is 122 Å². The van der Waals surface area contributed by atoms with Gasteiger partial charge in [0.15, 0.2) is 0 Å². The third-order valence-electron chi connectivity index (χ3n) is 6.18. The number of morpholine rings is 1. The predicted octanol–water partition coefficient (Wildman–Crippen LogP) is 3.14. The van der Waals surface area contributed by atoms with Gasteiger partial charge in [-0.15, -0.1) is 0 Å². The Balaban J connectivity index is 1.29. The van der Waals surface area contributed by atoms with Crippen LogP contribution < -0.4 is 14.4 Å². The van der Waals surface area contributed by atoms with Gasteiger partial charge in [0.05, 0.1) is 43.1 Å². The van der Waals surface area contributed by atoms with Crippen molar-refractivity contribution in [3.05, 3.63) is 88.9 Å². The molecule has 1 heterocycles. The molecule has 0 spiro atoms. The molecule has 0 saturated carbocycles. The summed E-state index contributed by atoms with van der Waals surface area (Å²) in [6, 6.07) is 19.4. The van der Waals surface area contributed by atoms with Crippen molar-refractivity contribution >= 4 is 43.2 Å². The fourth-order valence-corrected chi connectivity index (χ4v) is 6.52. The molecule has 1 N–H and O–H groups in total. The van der Waals surface area contributed by atoms with Gasteiger partial charge >= 0.3 is 0 Å². The minimum Gasteiger partial charge on any atom is -0.492 e. The molecule has 4 rings (SSSR count). The van der Waals surface area contributed by atoms with Crippen LogP contribution in [0.5, 0.6) is 5.75 Å². The molecule has 1 saturated heterocycles. The highest BCUT2D eigenvalue weighted by molar-refractivity contribution is 7.92. The van der Waals surface area contributed by atoms with Crippen molar-refractivity contribution in [3.63, 3.8) is 0 Å². The SMILES string of the molecule is CS(=O)(=O)N(Cc1ccccc1Cl)c1ccc(C(=O)NCCOc2ccc(S(=O)(=O)N3CCOCC3)cc2)cc1. The van der Waals surface area contributed by atoms with E-state index in [1.54, 1.807) is 60.7 Å². The van der Waals surface area contributed by atoms with Gasteiger partial charge in [-0.05, 0) is 60.2 Å². The Kier molecular flexibility index (Phi) is 9.69. The third-order valence-corrected chi connectivity index (χ3v) is 9.60. The van der Waals surface area contributed by atoms with Crippen LogP contribution in [0, 0.1) is 0 Å². The lowest BCUT2D eigenvalue weighted by Crippen LogP contribution is -2.40. The summed E-state index contributed by atoms with van der Waals surface area (Å²) in [6.45, 7) is 1.82. The monoisotopic (exact) mass is 607 g/mol. The van der Waals surface area contributed by atoms with E-state index in [1.165, 1.54) is 20.7 Å². The molecule has 214 valence electrons. The van der Waals surface area contributed by atoms with E-state index in [9.17, 15) is 21.6 Å². The molecule has 0 aliphatic carbocycles. The maximum absolute atomic E-state index is 12.7. The summed E-state index contributed by atoms with van der Waals surface area (Å²) >= 11 is 6.21. The molecule has 3 aromatic carbocycles. The number of hydrogen-bond acceptors (Lipinski definition) is 7. The smallest absolute Gasteiger partial charge is 0.251 e. The number of nitrogens with one attached hydrogen (secondary N) is 1. The number of carbonyl (C=O) groups is 1. The molecule has 0 bridgehead atoms. The number of amides is 1. The van der Waals surface area contributed by atoms with E-state index in [4.69, 9.17) is 21.1 Å². The molecule has 0 aromatic heterocycles. The maximum atomic E-state index is 12.7. The van der Waals surface area contributed by atoms with Crippen molar-refractivity contribution in [1.82, 2.24) is 9.62 Å². The second-order valence-corrected chi connectivity index (χ2v) is 13.3. The van der Waals surface area contributed by atoms with E-state index in [0.29, 0.717) is 53.9 Å². The van der Waals surface area contributed by atoms with Crippen LogP contribution in [0.1, 0.15) is 15.9 Å². The lowest BCUT2D eigenvalue weighted by molar-refractivity contribution is 0.0730. The second kappa shape index (κ2) is 13.0. The molecule has 10 nitrogen and oxygen atoms in total. The Bertz CT molecular complexity index is 1530. The van der Waals surface area contributed by atoms with Crippen LogP contribution in [0.15, 0.2) is 77.7 Å². The van der Waals surface area contributed by atoms with Gasteiger partial charge in [0.2, 0.25) is 20.0 Å². The van der Waals surface area contributed by atoms with E-state index in [0.717, 1.165) is 6.26 Å². The Morgan fingerprint density at radius 2 is 1.62 bits per heavy atom. The van der Waals surface area contributed by atoms with Crippen LogP contribution in [0.2, 0.25) is 5.02 Å². The summed E-state index contributed by atoms with van der Waals surface area (Å²) < 4.78 is 63.8. The molecule has 1 aliphatic rings. The number of sulfonamides is 2. The minimum absolute atomic E-state index is 0.0571. The van der Waals surface area contributed by atoms with Crippen LogP contribution in [0.3, 0.4) is 0 Å². The fourth-order valence-electron chi connectivity index (χ4n) is 4.04. The van der Waals surface area contributed by atoms with Crippen LogP contribution >= 0.6 is 11.6 Å². The third kappa shape index (κ3) is 7.52. The number of rotatable bonds is 11. The van der Waals surface area contributed by atoms with Gasteiger partial charge in [-0.3, -0.25) is 9.10 Å². The van der Waals surface area contributed by atoms with Crippen molar-refractivity contribution < 1.29 is 31.1 Å². The van der Waals surface area contributed by atoms with Gasteiger partial charge in [-0.25, -0.2) is 16.8 Å². The normalized spacial score (nSPS) is 14.4. The van der Waals surface area contributed by atoms with Gasteiger partial charge in [0, 0.05) is 23.7 Å². The number of halogens is 1.